The molecule has 0 atom stereocenters. The van der Waals surface area contributed by atoms with Gasteiger partial charge in [-0.25, -0.2) is 0 Å². The third kappa shape index (κ3) is 3.36. The van der Waals surface area contributed by atoms with E-state index in [2.05, 4.69) is 5.32 Å². The monoisotopic (exact) mass is 207 g/mol. The van der Waals surface area contributed by atoms with Crippen LogP contribution in [0.5, 0.6) is 0 Å². The summed E-state index contributed by atoms with van der Waals surface area (Å²) in [6.07, 6.45) is 0. The van der Waals surface area contributed by atoms with E-state index in [1.165, 1.54) is 7.11 Å². The van der Waals surface area contributed by atoms with Crippen molar-refractivity contribution in [1.82, 2.24) is 5.32 Å². The van der Waals surface area contributed by atoms with E-state index in [0.717, 1.165) is 5.56 Å². The zero-order valence-electron chi connectivity index (χ0n) is 9.41. The number of methoxy groups -OCH3 is 1. The molecule has 0 aromatic heterocycles. The molecular weight excluding hydrogens is 190 g/mol. The van der Waals surface area contributed by atoms with Gasteiger partial charge in [-0.3, -0.25) is 10.1 Å². The van der Waals surface area contributed by atoms with Crippen molar-refractivity contribution in [3.8, 4) is 0 Å². The van der Waals surface area contributed by atoms with Gasteiger partial charge in [-0.1, -0.05) is 30.3 Å². The molecule has 0 aliphatic rings. The smallest absolute Gasteiger partial charge is 0.325 e. The van der Waals surface area contributed by atoms with Gasteiger partial charge in [0.15, 0.2) is 0 Å². The lowest BCUT2D eigenvalue weighted by Crippen LogP contribution is -2.46. The highest BCUT2D eigenvalue weighted by atomic mass is 16.5. The van der Waals surface area contributed by atoms with E-state index in [0.29, 0.717) is 6.54 Å². The maximum Gasteiger partial charge on any atom is 0.325 e. The summed E-state index contributed by atoms with van der Waals surface area (Å²) >= 11 is 0. The summed E-state index contributed by atoms with van der Waals surface area (Å²) in [4.78, 5) is 11.4. The first-order valence-corrected chi connectivity index (χ1v) is 4.93. The van der Waals surface area contributed by atoms with E-state index < -0.39 is 5.54 Å². The molecule has 0 heterocycles. The van der Waals surface area contributed by atoms with Gasteiger partial charge < -0.3 is 4.74 Å². The number of ether oxygens (including phenoxy) is 1. The summed E-state index contributed by atoms with van der Waals surface area (Å²) in [7, 11) is 1.40. The fraction of sp³-hybridized carbons (Fsp3) is 0.417. The minimum atomic E-state index is -0.648. The molecule has 0 aliphatic carbocycles. The van der Waals surface area contributed by atoms with Crippen LogP contribution in [0.1, 0.15) is 19.4 Å². The molecule has 15 heavy (non-hydrogen) atoms. The quantitative estimate of drug-likeness (QED) is 0.764. The summed E-state index contributed by atoms with van der Waals surface area (Å²) in [6.45, 7) is 4.27. The molecule has 3 nitrogen and oxygen atoms in total. The second-order valence-electron chi connectivity index (χ2n) is 3.96. The molecule has 0 amide bonds. The fourth-order valence-electron chi connectivity index (χ4n) is 1.25. The molecule has 0 unspecified atom stereocenters. The van der Waals surface area contributed by atoms with Crippen LogP contribution in [0, 0.1) is 0 Å². The SMILES string of the molecule is COC(=O)C(C)(C)NCc1ccccc1. The van der Waals surface area contributed by atoms with Crippen LogP contribution < -0.4 is 5.32 Å². The maximum atomic E-state index is 11.4. The Bertz CT molecular complexity index is 320. The van der Waals surface area contributed by atoms with Gasteiger partial charge in [0.2, 0.25) is 0 Å². The van der Waals surface area contributed by atoms with Crippen LogP contribution in [-0.2, 0) is 16.1 Å². The first-order chi connectivity index (χ1) is 7.06. The molecule has 0 fully saturated rings. The molecule has 0 bridgehead atoms. The van der Waals surface area contributed by atoms with Crippen molar-refractivity contribution in [3.05, 3.63) is 35.9 Å². The van der Waals surface area contributed by atoms with Crippen LogP contribution >= 0.6 is 0 Å². The van der Waals surface area contributed by atoms with Crippen molar-refractivity contribution in [1.29, 1.82) is 0 Å². The lowest BCUT2D eigenvalue weighted by molar-refractivity contribution is -0.147. The molecular formula is C12H17NO2. The first kappa shape index (κ1) is 11.7. The highest BCUT2D eigenvalue weighted by Gasteiger charge is 2.27. The van der Waals surface area contributed by atoms with Crippen LogP contribution in [-0.4, -0.2) is 18.6 Å². The van der Waals surface area contributed by atoms with Gasteiger partial charge in [0.1, 0.15) is 5.54 Å². The summed E-state index contributed by atoms with van der Waals surface area (Å²) in [5.74, 6) is -0.251. The zero-order valence-corrected chi connectivity index (χ0v) is 9.41. The molecule has 0 spiro atoms. The van der Waals surface area contributed by atoms with E-state index in [9.17, 15) is 4.79 Å². The van der Waals surface area contributed by atoms with E-state index in [4.69, 9.17) is 4.74 Å². The summed E-state index contributed by atoms with van der Waals surface area (Å²) < 4.78 is 4.70. The lowest BCUT2D eigenvalue weighted by Gasteiger charge is -2.23. The standard InChI is InChI=1S/C12H17NO2/c1-12(2,11(14)15-3)13-9-10-7-5-4-6-8-10/h4-8,13H,9H2,1-3H3. The Morgan fingerprint density at radius 3 is 2.47 bits per heavy atom. The second kappa shape index (κ2) is 4.94. The normalized spacial score (nSPS) is 11.1. The Morgan fingerprint density at radius 1 is 1.33 bits per heavy atom. The van der Waals surface area contributed by atoms with Crippen LogP contribution in [0.15, 0.2) is 30.3 Å². The van der Waals surface area contributed by atoms with Crippen LogP contribution in [0.4, 0.5) is 0 Å². The second-order valence-corrected chi connectivity index (χ2v) is 3.96. The highest BCUT2D eigenvalue weighted by molar-refractivity contribution is 5.79. The van der Waals surface area contributed by atoms with Crippen LogP contribution in [0.3, 0.4) is 0 Å². The van der Waals surface area contributed by atoms with E-state index >= 15 is 0 Å². The van der Waals surface area contributed by atoms with Gasteiger partial charge in [0.25, 0.3) is 0 Å². The number of carbonyl (C=O) groups excluding carboxylic acids is 1. The Hall–Kier alpha value is -1.35. The number of rotatable bonds is 4. The Balaban J connectivity index is 2.53. The Morgan fingerprint density at radius 2 is 1.93 bits per heavy atom. The average Bonchev–Trinajstić information content (AvgIpc) is 2.27. The summed E-state index contributed by atoms with van der Waals surface area (Å²) in [5.41, 5.74) is 0.499. The van der Waals surface area contributed by atoms with Crippen molar-refractivity contribution in [2.75, 3.05) is 7.11 Å². The molecule has 82 valence electrons. The highest BCUT2D eigenvalue weighted by Crippen LogP contribution is 2.07. The molecule has 0 saturated heterocycles. The van der Waals surface area contributed by atoms with Gasteiger partial charge in [-0.15, -0.1) is 0 Å². The Labute approximate surface area is 90.4 Å². The molecule has 1 N–H and O–H groups in total. The zero-order chi connectivity index (χ0) is 11.3. The molecule has 3 heteroatoms. The molecule has 0 aliphatic heterocycles. The summed E-state index contributed by atoms with van der Waals surface area (Å²) in [5, 5.41) is 3.15. The molecule has 1 aromatic carbocycles. The Kier molecular flexibility index (Phi) is 3.86. The van der Waals surface area contributed by atoms with E-state index in [-0.39, 0.29) is 5.97 Å². The van der Waals surface area contributed by atoms with Gasteiger partial charge in [-0.05, 0) is 19.4 Å². The van der Waals surface area contributed by atoms with Crippen LogP contribution in [0.25, 0.3) is 0 Å². The van der Waals surface area contributed by atoms with Gasteiger partial charge in [0, 0.05) is 6.54 Å². The van der Waals surface area contributed by atoms with Crippen LogP contribution in [0.2, 0.25) is 0 Å². The largest absolute Gasteiger partial charge is 0.468 e. The van der Waals surface area contributed by atoms with Crippen molar-refractivity contribution in [3.63, 3.8) is 0 Å². The predicted molar refractivity (Wildman–Crippen MR) is 59.4 cm³/mol. The third-order valence-corrected chi connectivity index (χ3v) is 2.27. The molecule has 1 aromatic rings. The van der Waals surface area contributed by atoms with Gasteiger partial charge >= 0.3 is 5.97 Å². The van der Waals surface area contributed by atoms with Crippen molar-refractivity contribution >= 4 is 5.97 Å². The van der Waals surface area contributed by atoms with Gasteiger partial charge in [0.05, 0.1) is 7.11 Å². The fourth-order valence-corrected chi connectivity index (χ4v) is 1.25. The molecule has 1 rings (SSSR count). The minimum Gasteiger partial charge on any atom is -0.468 e. The predicted octanol–water partition coefficient (Wildman–Crippen LogP) is 1.73. The number of hydrogen-bond acceptors (Lipinski definition) is 3. The average molecular weight is 207 g/mol. The number of hydrogen-bond donors (Lipinski definition) is 1. The number of carbonyl (C=O) groups is 1. The summed E-state index contributed by atoms with van der Waals surface area (Å²) in [6, 6.07) is 9.94. The van der Waals surface area contributed by atoms with Crippen molar-refractivity contribution in [2.24, 2.45) is 0 Å². The molecule has 0 saturated carbocycles. The van der Waals surface area contributed by atoms with E-state index in [1.54, 1.807) is 0 Å². The number of esters is 1. The lowest BCUT2D eigenvalue weighted by atomic mass is 10.1. The van der Waals surface area contributed by atoms with E-state index in [1.807, 2.05) is 44.2 Å². The minimum absolute atomic E-state index is 0.251. The van der Waals surface area contributed by atoms with Crippen molar-refractivity contribution in [2.45, 2.75) is 25.9 Å². The maximum absolute atomic E-state index is 11.4. The van der Waals surface area contributed by atoms with Gasteiger partial charge in [-0.2, -0.15) is 0 Å². The number of benzene rings is 1. The third-order valence-electron chi connectivity index (χ3n) is 2.27. The number of nitrogens with one attached hydrogen (secondary N) is 1. The molecule has 0 radical (unpaired) electrons. The van der Waals surface area contributed by atoms with Crippen molar-refractivity contribution < 1.29 is 9.53 Å². The topological polar surface area (TPSA) is 38.3 Å². The first-order valence-electron chi connectivity index (χ1n) is 4.93.